The Kier molecular flexibility index (Phi) is 2.59. The molecule has 2 aromatic rings. The number of hydrogen-bond donors (Lipinski definition) is 2. The molecule has 0 aliphatic heterocycles. The van der Waals surface area contributed by atoms with Crippen LogP contribution in [0.4, 0.5) is 0 Å². The van der Waals surface area contributed by atoms with Crippen LogP contribution in [0.1, 0.15) is 30.0 Å². The van der Waals surface area contributed by atoms with Crippen LogP contribution in [0, 0.1) is 0 Å². The zero-order valence-corrected chi connectivity index (χ0v) is 9.76. The fourth-order valence-electron chi connectivity index (χ4n) is 2.53. The third kappa shape index (κ3) is 1.68. The van der Waals surface area contributed by atoms with E-state index in [2.05, 4.69) is 15.2 Å². The second-order valence-corrected chi connectivity index (χ2v) is 4.46. The number of H-pyrrole nitrogens is 1. The van der Waals surface area contributed by atoms with Gasteiger partial charge in [-0.2, -0.15) is 5.10 Å². The van der Waals surface area contributed by atoms with Crippen molar-refractivity contribution >= 4 is 5.97 Å². The number of aromatic nitrogens is 3. The number of aryl methyl sites for hydroxylation is 1. The first-order valence-electron chi connectivity index (χ1n) is 5.98. The molecule has 0 bridgehead atoms. The van der Waals surface area contributed by atoms with E-state index in [1.165, 1.54) is 0 Å². The van der Waals surface area contributed by atoms with E-state index in [9.17, 15) is 9.90 Å². The van der Waals surface area contributed by atoms with Crippen molar-refractivity contribution in [2.45, 2.75) is 25.2 Å². The molecule has 0 saturated heterocycles. The number of aliphatic carboxylic acids is 1. The van der Waals surface area contributed by atoms with E-state index in [1.54, 1.807) is 6.20 Å². The van der Waals surface area contributed by atoms with Crippen LogP contribution in [0.25, 0.3) is 11.4 Å². The Morgan fingerprint density at radius 2 is 2.33 bits per heavy atom. The minimum absolute atomic E-state index is 0.468. The summed E-state index contributed by atoms with van der Waals surface area (Å²) in [5, 5.41) is 16.5. The van der Waals surface area contributed by atoms with Gasteiger partial charge in [-0.3, -0.25) is 14.9 Å². The lowest BCUT2D eigenvalue weighted by Crippen LogP contribution is -2.17. The predicted octanol–water partition coefficient (Wildman–Crippen LogP) is 1.98. The Hall–Kier alpha value is -2.17. The van der Waals surface area contributed by atoms with Gasteiger partial charge in [-0.15, -0.1) is 0 Å². The highest BCUT2D eigenvalue weighted by Gasteiger charge is 2.31. The summed E-state index contributed by atoms with van der Waals surface area (Å²) in [6, 6.07) is 5.56. The fraction of sp³-hybridized carbons (Fsp3) is 0.308. The maximum atomic E-state index is 11.3. The maximum Gasteiger partial charge on any atom is 0.311 e. The molecule has 0 amide bonds. The average molecular weight is 243 g/mol. The third-order valence-corrected chi connectivity index (χ3v) is 3.36. The van der Waals surface area contributed by atoms with Crippen LogP contribution < -0.4 is 0 Å². The molecule has 0 saturated carbocycles. The topological polar surface area (TPSA) is 78.9 Å². The molecular formula is C13H13N3O2. The molecule has 5 nitrogen and oxygen atoms in total. The van der Waals surface area contributed by atoms with Crippen molar-refractivity contribution in [3.05, 3.63) is 35.7 Å². The van der Waals surface area contributed by atoms with Crippen LogP contribution in [0.3, 0.4) is 0 Å². The molecule has 1 aliphatic carbocycles. The number of carboxylic acid groups (broad SMARTS) is 1. The third-order valence-electron chi connectivity index (χ3n) is 3.36. The average Bonchev–Trinajstić information content (AvgIpc) is 2.83. The van der Waals surface area contributed by atoms with Crippen LogP contribution in [0.5, 0.6) is 0 Å². The number of carbonyl (C=O) groups is 1. The molecule has 1 aliphatic rings. The van der Waals surface area contributed by atoms with Gasteiger partial charge in [0.05, 0.1) is 11.6 Å². The number of rotatable bonds is 2. The molecule has 0 aromatic carbocycles. The molecule has 1 atom stereocenters. The Labute approximate surface area is 104 Å². The SMILES string of the molecule is O=C(O)[C@@H]1CCCc2[nH]nc(-c3ccccn3)c21. The van der Waals surface area contributed by atoms with Gasteiger partial charge in [0.25, 0.3) is 0 Å². The van der Waals surface area contributed by atoms with Gasteiger partial charge in [0.2, 0.25) is 0 Å². The Morgan fingerprint density at radius 1 is 1.44 bits per heavy atom. The van der Waals surface area contributed by atoms with Gasteiger partial charge < -0.3 is 5.11 Å². The van der Waals surface area contributed by atoms with E-state index < -0.39 is 11.9 Å². The first kappa shape index (κ1) is 11.0. The zero-order chi connectivity index (χ0) is 12.5. The highest BCUT2D eigenvalue weighted by molar-refractivity contribution is 5.80. The minimum Gasteiger partial charge on any atom is -0.481 e. The van der Waals surface area contributed by atoms with Crippen LogP contribution in [-0.2, 0) is 11.2 Å². The maximum absolute atomic E-state index is 11.3. The van der Waals surface area contributed by atoms with Gasteiger partial charge in [0.1, 0.15) is 5.69 Å². The number of nitrogens with zero attached hydrogens (tertiary/aromatic N) is 2. The van der Waals surface area contributed by atoms with Crippen LogP contribution >= 0.6 is 0 Å². The quantitative estimate of drug-likeness (QED) is 0.845. The van der Waals surface area contributed by atoms with Crippen molar-refractivity contribution in [2.24, 2.45) is 0 Å². The van der Waals surface area contributed by atoms with E-state index in [0.29, 0.717) is 12.1 Å². The minimum atomic E-state index is -0.783. The van der Waals surface area contributed by atoms with Gasteiger partial charge in [-0.05, 0) is 31.4 Å². The molecule has 0 radical (unpaired) electrons. The van der Waals surface area contributed by atoms with Crippen molar-refractivity contribution in [3.8, 4) is 11.4 Å². The summed E-state index contributed by atoms with van der Waals surface area (Å²) in [5.74, 6) is -1.25. The van der Waals surface area contributed by atoms with E-state index >= 15 is 0 Å². The molecule has 18 heavy (non-hydrogen) atoms. The molecule has 2 aromatic heterocycles. The second kappa shape index (κ2) is 4.25. The molecule has 92 valence electrons. The van der Waals surface area contributed by atoms with Gasteiger partial charge in [-0.1, -0.05) is 6.07 Å². The molecule has 2 N–H and O–H groups in total. The molecule has 5 heteroatoms. The van der Waals surface area contributed by atoms with Gasteiger partial charge in [0.15, 0.2) is 0 Å². The molecule has 0 spiro atoms. The second-order valence-electron chi connectivity index (χ2n) is 4.46. The van der Waals surface area contributed by atoms with E-state index in [0.717, 1.165) is 29.8 Å². The number of fused-ring (bicyclic) bond motifs is 1. The van der Waals surface area contributed by atoms with Crippen molar-refractivity contribution in [1.29, 1.82) is 0 Å². The van der Waals surface area contributed by atoms with Crippen LogP contribution in [0.15, 0.2) is 24.4 Å². The lowest BCUT2D eigenvalue weighted by atomic mass is 9.85. The highest BCUT2D eigenvalue weighted by atomic mass is 16.4. The first-order valence-corrected chi connectivity index (χ1v) is 5.98. The normalized spacial score (nSPS) is 18.3. The molecule has 0 unspecified atom stereocenters. The largest absolute Gasteiger partial charge is 0.481 e. The number of hydrogen-bond acceptors (Lipinski definition) is 3. The zero-order valence-electron chi connectivity index (χ0n) is 9.76. The van der Waals surface area contributed by atoms with Crippen molar-refractivity contribution in [1.82, 2.24) is 15.2 Å². The molecular weight excluding hydrogens is 230 g/mol. The predicted molar refractivity (Wildman–Crippen MR) is 65.1 cm³/mol. The first-order chi connectivity index (χ1) is 8.77. The van der Waals surface area contributed by atoms with Gasteiger partial charge in [0, 0.05) is 17.5 Å². The summed E-state index contributed by atoms with van der Waals surface area (Å²) in [7, 11) is 0. The van der Waals surface area contributed by atoms with Crippen LogP contribution in [0.2, 0.25) is 0 Å². The summed E-state index contributed by atoms with van der Waals surface area (Å²) in [6.07, 6.45) is 4.10. The van der Waals surface area contributed by atoms with Crippen molar-refractivity contribution < 1.29 is 9.90 Å². The van der Waals surface area contributed by atoms with Crippen LogP contribution in [-0.4, -0.2) is 26.3 Å². The summed E-state index contributed by atoms with van der Waals surface area (Å²) < 4.78 is 0. The summed E-state index contributed by atoms with van der Waals surface area (Å²) in [6.45, 7) is 0. The standard InChI is InChI=1S/C13H13N3O2/c17-13(18)8-4-3-6-9-11(8)12(16-15-9)10-5-1-2-7-14-10/h1-2,5,7-8H,3-4,6H2,(H,15,16)(H,17,18)/t8-/m1/s1. The monoisotopic (exact) mass is 243 g/mol. The van der Waals surface area contributed by atoms with E-state index in [1.807, 2.05) is 18.2 Å². The lowest BCUT2D eigenvalue weighted by molar-refractivity contribution is -0.139. The van der Waals surface area contributed by atoms with Gasteiger partial charge in [-0.25, -0.2) is 0 Å². The lowest BCUT2D eigenvalue weighted by Gasteiger charge is -2.19. The van der Waals surface area contributed by atoms with Crippen molar-refractivity contribution in [2.75, 3.05) is 0 Å². The summed E-state index contributed by atoms with van der Waals surface area (Å²) >= 11 is 0. The molecule has 2 heterocycles. The summed E-state index contributed by atoms with van der Waals surface area (Å²) in [5.41, 5.74) is 3.16. The smallest absolute Gasteiger partial charge is 0.311 e. The Bertz CT molecular complexity index is 577. The van der Waals surface area contributed by atoms with Gasteiger partial charge >= 0.3 is 5.97 Å². The number of pyridine rings is 1. The number of carboxylic acids is 1. The van der Waals surface area contributed by atoms with E-state index in [-0.39, 0.29) is 0 Å². The van der Waals surface area contributed by atoms with E-state index in [4.69, 9.17) is 0 Å². The van der Waals surface area contributed by atoms with Crippen molar-refractivity contribution in [3.63, 3.8) is 0 Å². The number of nitrogens with one attached hydrogen (secondary N) is 1. The molecule has 3 rings (SSSR count). The Morgan fingerprint density at radius 3 is 3.06 bits per heavy atom. The number of aromatic amines is 1. The Balaban J connectivity index is 2.13. The summed E-state index contributed by atoms with van der Waals surface area (Å²) in [4.78, 5) is 15.6. The highest BCUT2D eigenvalue weighted by Crippen LogP contribution is 2.36. The molecule has 0 fully saturated rings. The fourth-order valence-corrected chi connectivity index (χ4v) is 2.53.